The molecule has 0 saturated carbocycles. The van der Waals surface area contributed by atoms with Crippen molar-refractivity contribution in [1.29, 1.82) is 0 Å². The van der Waals surface area contributed by atoms with Crippen LogP contribution in [0, 0.1) is 0 Å². The van der Waals surface area contributed by atoms with Crippen molar-refractivity contribution in [3.63, 3.8) is 0 Å². The Morgan fingerprint density at radius 1 is 0.786 bits per heavy atom. The molecule has 2 unspecified atom stereocenters. The fraction of sp³-hybridized carbons (Fsp3) is 0.280. The van der Waals surface area contributed by atoms with E-state index in [-0.39, 0.29) is 12.4 Å². The van der Waals surface area contributed by atoms with Gasteiger partial charge in [0.2, 0.25) is 0 Å². The molecule has 0 bridgehead atoms. The molecule has 3 aromatic carbocycles. The van der Waals surface area contributed by atoms with Gasteiger partial charge in [0, 0.05) is 0 Å². The van der Waals surface area contributed by atoms with Crippen molar-refractivity contribution >= 4 is 0 Å². The molecule has 28 heavy (non-hydrogen) atoms. The number of ether oxygens (including phenoxy) is 3. The number of hydrogen-bond acceptors (Lipinski definition) is 3. The maximum atomic E-state index is 6.76. The van der Waals surface area contributed by atoms with Crippen LogP contribution in [0.4, 0.5) is 0 Å². The molecule has 3 nitrogen and oxygen atoms in total. The number of rotatable bonds is 7. The zero-order chi connectivity index (χ0) is 19.2. The first-order valence-corrected chi connectivity index (χ1v) is 9.90. The Balaban J connectivity index is 1.77. The first-order valence-electron chi connectivity index (χ1n) is 9.90. The molecule has 2 atom stereocenters. The van der Waals surface area contributed by atoms with Gasteiger partial charge in [-0.3, -0.25) is 0 Å². The van der Waals surface area contributed by atoms with E-state index >= 15 is 0 Å². The van der Waals surface area contributed by atoms with Gasteiger partial charge in [-0.2, -0.15) is 0 Å². The van der Waals surface area contributed by atoms with Gasteiger partial charge in [0.25, 0.3) is 0 Å². The highest BCUT2D eigenvalue weighted by Crippen LogP contribution is 2.40. The van der Waals surface area contributed by atoms with Crippen molar-refractivity contribution in [2.75, 3.05) is 13.2 Å². The highest BCUT2D eigenvalue weighted by atomic mass is 16.7. The summed E-state index contributed by atoms with van der Waals surface area (Å²) in [5.41, 5.74) is 2.58. The Hall–Kier alpha value is -2.46. The fourth-order valence-corrected chi connectivity index (χ4v) is 3.80. The molecule has 3 aromatic rings. The molecule has 0 radical (unpaired) electrons. The Morgan fingerprint density at radius 2 is 1.25 bits per heavy atom. The first kappa shape index (κ1) is 18.9. The second-order valence-corrected chi connectivity index (χ2v) is 7.02. The molecule has 1 aliphatic heterocycles. The normalized spacial score (nSPS) is 19.6. The Kier molecular flexibility index (Phi) is 5.87. The van der Waals surface area contributed by atoms with Gasteiger partial charge in [0.05, 0.1) is 13.2 Å². The summed E-state index contributed by atoms with van der Waals surface area (Å²) in [5, 5.41) is 0. The predicted octanol–water partition coefficient (Wildman–Crippen LogP) is 5.15. The van der Waals surface area contributed by atoms with Crippen molar-refractivity contribution in [2.24, 2.45) is 0 Å². The van der Waals surface area contributed by atoms with E-state index in [4.69, 9.17) is 14.2 Å². The lowest BCUT2D eigenvalue weighted by Gasteiger charge is -2.36. The summed E-state index contributed by atoms with van der Waals surface area (Å²) in [5.74, 6) is 0. The molecule has 1 heterocycles. The topological polar surface area (TPSA) is 27.7 Å². The quantitative estimate of drug-likeness (QED) is 0.536. The van der Waals surface area contributed by atoms with Gasteiger partial charge in [0.15, 0.2) is 6.29 Å². The molecule has 4 rings (SSSR count). The lowest BCUT2D eigenvalue weighted by Crippen LogP contribution is -2.36. The van der Waals surface area contributed by atoms with Gasteiger partial charge >= 0.3 is 0 Å². The van der Waals surface area contributed by atoms with Gasteiger partial charge in [-0.15, -0.1) is 0 Å². The standard InChI is InChI=1S/C25H26O3/c1-2-24-26-18-23(28-24)19-27-25(20-12-6-3-7-13-20,21-14-8-4-9-15-21)22-16-10-5-11-17-22/h3-17,23-24H,2,18-19H2,1H3. The molecular formula is C25H26O3. The number of hydrogen-bond donors (Lipinski definition) is 0. The summed E-state index contributed by atoms with van der Waals surface area (Å²) in [6.07, 6.45) is 0.645. The molecule has 0 N–H and O–H groups in total. The minimum Gasteiger partial charge on any atom is -0.358 e. The average Bonchev–Trinajstić information content (AvgIpc) is 3.25. The third-order valence-electron chi connectivity index (χ3n) is 5.17. The molecule has 1 saturated heterocycles. The van der Waals surface area contributed by atoms with E-state index in [2.05, 4.69) is 79.7 Å². The van der Waals surface area contributed by atoms with Crippen LogP contribution < -0.4 is 0 Å². The summed E-state index contributed by atoms with van der Waals surface area (Å²) < 4.78 is 18.4. The van der Waals surface area contributed by atoms with Crippen molar-refractivity contribution in [3.05, 3.63) is 108 Å². The minimum absolute atomic E-state index is 0.0690. The highest BCUT2D eigenvalue weighted by Gasteiger charge is 2.39. The van der Waals surface area contributed by atoms with E-state index in [1.54, 1.807) is 0 Å². The number of benzene rings is 3. The van der Waals surface area contributed by atoms with Gasteiger partial charge in [-0.05, 0) is 23.1 Å². The average molecular weight is 374 g/mol. The molecule has 0 aromatic heterocycles. The Morgan fingerprint density at radius 3 is 1.64 bits per heavy atom. The summed E-state index contributed by atoms with van der Waals surface area (Å²) in [4.78, 5) is 0. The maximum Gasteiger partial charge on any atom is 0.158 e. The van der Waals surface area contributed by atoms with Crippen LogP contribution in [0.25, 0.3) is 0 Å². The third-order valence-corrected chi connectivity index (χ3v) is 5.17. The Labute approximate surface area is 166 Å². The SMILES string of the molecule is CCC1OCC(COC(c2ccccc2)(c2ccccc2)c2ccccc2)O1. The van der Waals surface area contributed by atoms with Gasteiger partial charge in [-0.1, -0.05) is 97.9 Å². The van der Waals surface area contributed by atoms with Gasteiger partial charge < -0.3 is 14.2 Å². The lowest BCUT2D eigenvalue weighted by molar-refractivity contribution is -0.0881. The predicted molar refractivity (Wildman–Crippen MR) is 110 cm³/mol. The van der Waals surface area contributed by atoms with E-state index in [9.17, 15) is 0 Å². The third kappa shape index (κ3) is 3.74. The molecule has 0 spiro atoms. The van der Waals surface area contributed by atoms with Crippen molar-refractivity contribution in [1.82, 2.24) is 0 Å². The van der Waals surface area contributed by atoms with Crippen LogP contribution in [0.15, 0.2) is 91.0 Å². The largest absolute Gasteiger partial charge is 0.358 e. The molecule has 3 heteroatoms. The lowest BCUT2D eigenvalue weighted by atomic mass is 9.80. The fourth-order valence-electron chi connectivity index (χ4n) is 3.80. The molecule has 0 amide bonds. The zero-order valence-corrected chi connectivity index (χ0v) is 16.2. The first-order chi connectivity index (χ1) is 13.8. The molecular weight excluding hydrogens is 348 g/mol. The second kappa shape index (κ2) is 8.70. The zero-order valence-electron chi connectivity index (χ0n) is 16.2. The van der Waals surface area contributed by atoms with Crippen LogP contribution >= 0.6 is 0 Å². The summed E-state index contributed by atoms with van der Waals surface area (Å²) >= 11 is 0. The van der Waals surface area contributed by atoms with E-state index in [1.165, 1.54) is 0 Å². The van der Waals surface area contributed by atoms with Crippen LogP contribution in [-0.4, -0.2) is 25.6 Å². The van der Waals surface area contributed by atoms with E-state index in [0.29, 0.717) is 13.2 Å². The van der Waals surface area contributed by atoms with Crippen molar-refractivity contribution in [2.45, 2.75) is 31.3 Å². The van der Waals surface area contributed by atoms with Crippen LogP contribution in [0.3, 0.4) is 0 Å². The molecule has 0 aliphatic carbocycles. The summed E-state index contributed by atoms with van der Waals surface area (Å²) in [7, 11) is 0. The minimum atomic E-state index is -0.711. The highest BCUT2D eigenvalue weighted by molar-refractivity contribution is 5.47. The van der Waals surface area contributed by atoms with E-state index in [0.717, 1.165) is 23.1 Å². The van der Waals surface area contributed by atoms with Crippen LogP contribution in [0.5, 0.6) is 0 Å². The Bertz CT molecular complexity index is 752. The molecule has 1 fully saturated rings. The van der Waals surface area contributed by atoms with Crippen LogP contribution in [0.2, 0.25) is 0 Å². The van der Waals surface area contributed by atoms with E-state index < -0.39 is 5.60 Å². The second-order valence-electron chi connectivity index (χ2n) is 7.02. The van der Waals surface area contributed by atoms with Gasteiger partial charge in [-0.25, -0.2) is 0 Å². The van der Waals surface area contributed by atoms with E-state index in [1.807, 2.05) is 18.2 Å². The van der Waals surface area contributed by atoms with Crippen molar-refractivity contribution in [3.8, 4) is 0 Å². The van der Waals surface area contributed by atoms with Crippen LogP contribution in [0.1, 0.15) is 30.0 Å². The molecule has 144 valence electrons. The maximum absolute atomic E-state index is 6.76. The molecule has 1 aliphatic rings. The summed E-state index contributed by atoms with van der Waals surface area (Å²) in [6, 6.07) is 31.2. The smallest absolute Gasteiger partial charge is 0.158 e. The monoisotopic (exact) mass is 374 g/mol. The van der Waals surface area contributed by atoms with Crippen LogP contribution in [-0.2, 0) is 19.8 Å². The van der Waals surface area contributed by atoms with Crippen molar-refractivity contribution < 1.29 is 14.2 Å². The summed E-state index contributed by atoms with van der Waals surface area (Å²) in [6.45, 7) is 3.08. The van der Waals surface area contributed by atoms with Gasteiger partial charge in [0.1, 0.15) is 11.7 Å².